The molecule has 0 saturated carbocycles. The molecule has 4 unspecified atom stereocenters. The van der Waals surface area contributed by atoms with E-state index in [1.807, 2.05) is 36.5 Å². The highest BCUT2D eigenvalue weighted by Crippen LogP contribution is 2.45. The maximum absolute atomic E-state index is 13.3. The first-order chi connectivity index (χ1) is 21.5. The number of aromatic nitrogens is 5. The van der Waals surface area contributed by atoms with Crippen molar-refractivity contribution in [3.63, 3.8) is 0 Å². The van der Waals surface area contributed by atoms with E-state index in [0.29, 0.717) is 45.1 Å². The summed E-state index contributed by atoms with van der Waals surface area (Å²) in [6.07, 6.45) is 7.84. The van der Waals surface area contributed by atoms with Gasteiger partial charge in [-0.3, -0.25) is 4.79 Å². The third-order valence-corrected chi connectivity index (χ3v) is 10.1. The smallest absolute Gasteiger partial charge is 0.273 e. The number of nitrogens with zero attached hydrogens (tertiary/aromatic N) is 6. The molecule has 6 atom stereocenters. The number of thioether (sulfide) groups is 1. The Morgan fingerprint density at radius 2 is 2.09 bits per heavy atom. The van der Waals surface area contributed by atoms with Crippen LogP contribution >= 0.6 is 34.7 Å². The predicted molar refractivity (Wildman–Crippen MR) is 163 cm³/mol. The molecule has 7 rings (SSSR count). The Morgan fingerprint density at radius 1 is 1.25 bits per heavy atom. The van der Waals surface area contributed by atoms with E-state index in [0.717, 1.165) is 12.0 Å². The van der Waals surface area contributed by atoms with Crippen molar-refractivity contribution < 1.29 is 23.7 Å². The number of ether oxygens (including phenoxy) is 4. The quantitative estimate of drug-likeness (QED) is 0.266. The standard InChI is InChI=1S/C30H27ClN6O5S2/c1-3-17-12-21(23(32-13-17)28(38)36-10-7-11-36)44-30-26(39-2)24(37-14-19(34-35-37)27-33-22(31)16-43-27)25-20(41-30)15-40-29(42-25)18-8-5-4-6-9-18/h1,4-6,8-9,12-14,16,20,24-26,29-30H,7,10-11,15H2,2H3/t20?,24?,25-,26?,29?,30+/m0/s1. The molecule has 3 saturated heterocycles. The monoisotopic (exact) mass is 650 g/mol. The molecule has 14 heteroatoms. The molecule has 3 aromatic heterocycles. The summed E-state index contributed by atoms with van der Waals surface area (Å²) in [6.45, 7) is 1.66. The van der Waals surface area contributed by atoms with Gasteiger partial charge in [-0.05, 0) is 12.5 Å². The highest BCUT2D eigenvalue weighted by Gasteiger charge is 2.52. The summed E-state index contributed by atoms with van der Waals surface area (Å²) in [5.74, 6) is 2.48. The highest BCUT2D eigenvalue weighted by molar-refractivity contribution is 8.00. The van der Waals surface area contributed by atoms with Crippen molar-refractivity contribution in [2.75, 3.05) is 26.8 Å². The Bertz CT molecular complexity index is 1690. The van der Waals surface area contributed by atoms with Crippen LogP contribution in [0.2, 0.25) is 5.15 Å². The van der Waals surface area contributed by atoms with Crippen LogP contribution in [0.3, 0.4) is 0 Å². The largest absolute Gasteiger partial charge is 0.375 e. The van der Waals surface area contributed by atoms with E-state index >= 15 is 0 Å². The van der Waals surface area contributed by atoms with Crippen LogP contribution in [0.15, 0.2) is 59.1 Å². The molecule has 3 aliphatic heterocycles. The molecule has 0 aliphatic carbocycles. The van der Waals surface area contributed by atoms with Crippen molar-refractivity contribution in [2.24, 2.45) is 0 Å². The summed E-state index contributed by atoms with van der Waals surface area (Å²) >= 11 is 8.81. The lowest BCUT2D eigenvalue weighted by molar-refractivity contribution is -0.308. The average Bonchev–Trinajstić information content (AvgIpc) is 3.69. The number of methoxy groups -OCH3 is 1. The van der Waals surface area contributed by atoms with Crippen LogP contribution < -0.4 is 0 Å². The Morgan fingerprint density at radius 3 is 2.80 bits per heavy atom. The van der Waals surface area contributed by atoms with E-state index in [1.54, 1.807) is 34.3 Å². The Balaban J connectivity index is 1.25. The van der Waals surface area contributed by atoms with Crippen LogP contribution in [0.25, 0.3) is 10.7 Å². The molecule has 0 spiro atoms. The second-order valence-corrected chi connectivity index (χ2v) is 12.8. The molecule has 0 bridgehead atoms. The number of thiazole rings is 1. The van der Waals surface area contributed by atoms with Gasteiger partial charge < -0.3 is 23.8 Å². The molecule has 44 heavy (non-hydrogen) atoms. The number of hydrogen-bond donors (Lipinski definition) is 0. The van der Waals surface area contributed by atoms with Crippen LogP contribution in [0, 0.1) is 12.3 Å². The molecule has 0 N–H and O–H groups in total. The topological polar surface area (TPSA) is 114 Å². The summed E-state index contributed by atoms with van der Waals surface area (Å²) in [7, 11) is 1.61. The minimum atomic E-state index is -0.608. The fourth-order valence-corrected chi connectivity index (χ4v) is 7.65. The first-order valence-corrected chi connectivity index (χ1v) is 16.1. The Hall–Kier alpha value is -3.35. The maximum Gasteiger partial charge on any atom is 0.273 e. The van der Waals surface area contributed by atoms with Gasteiger partial charge in [0.1, 0.15) is 51.3 Å². The molecule has 11 nitrogen and oxygen atoms in total. The van der Waals surface area contributed by atoms with Gasteiger partial charge in [0.25, 0.3) is 5.91 Å². The van der Waals surface area contributed by atoms with Crippen LogP contribution in [-0.2, 0) is 18.9 Å². The minimum absolute atomic E-state index is 0.139. The first-order valence-electron chi connectivity index (χ1n) is 14.0. The zero-order chi connectivity index (χ0) is 30.2. The molecule has 0 radical (unpaired) electrons. The lowest BCUT2D eigenvalue weighted by atomic mass is 9.96. The molecule has 3 fully saturated rings. The number of amides is 1. The van der Waals surface area contributed by atoms with E-state index in [-0.39, 0.29) is 12.5 Å². The van der Waals surface area contributed by atoms with Gasteiger partial charge in [-0.15, -0.1) is 22.9 Å². The number of rotatable bonds is 7. The number of likely N-dealkylation sites (tertiary alicyclic amines) is 1. The third-order valence-electron chi connectivity index (χ3n) is 7.77. The van der Waals surface area contributed by atoms with E-state index < -0.39 is 36.1 Å². The molecule has 3 aliphatic rings. The zero-order valence-corrected chi connectivity index (χ0v) is 25.9. The highest BCUT2D eigenvalue weighted by atomic mass is 35.5. The van der Waals surface area contributed by atoms with Crippen LogP contribution in [-0.4, -0.2) is 86.3 Å². The lowest BCUT2D eigenvalue weighted by Gasteiger charge is -2.48. The van der Waals surface area contributed by atoms with Gasteiger partial charge in [-0.2, -0.15) is 0 Å². The second kappa shape index (κ2) is 12.6. The van der Waals surface area contributed by atoms with Crippen molar-refractivity contribution in [1.29, 1.82) is 0 Å². The Kier molecular flexibility index (Phi) is 8.39. The molecular formula is C30H27ClN6O5S2. The van der Waals surface area contributed by atoms with Gasteiger partial charge in [0.15, 0.2) is 6.29 Å². The normalized spacial score (nSPS) is 26.4. The number of benzene rings is 1. The van der Waals surface area contributed by atoms with Gasteiger partial charge in [-0.25, -0.2) is 14.6 Å². The lowest BCUT2D eigenvalue weighted by Crippen LogP contribution is -2.59. The van der Waals surface area contributed by atoms with Crippen LogP contribution in [0.4, 0.5) is 0 Å². The summed E-state index contributed by atoms with van der Waals surface area (Å²) in [6, 6.07) is 11.0. The molecule has 226 valence electrons. The number of hydrogen-bond acceptors (Lipinski definition) is 11. The van der Waals surface area contributed by atoms with Gasteiger partial charge in [0, 0.05) is 47.8 Å². The SMILES string of the molecule is C#Cc1cnc(C(=O)N2CCC2)c(S[C@H]2OC3COC(c4ccccc4)O[C@@H]3C(n3cc(-c4nc(Cl)cs4)nn3)C2OC)c1. The van der Waals surface area contributed by atoms with Gasteiger partial charge in [0.2, 0.25) is 0 Å². The fourth-order valence-electron chi connectivity index (χ4n) is 5.45. The molecular weight excluding hydrogens is 624 g/mol. The Labute approximate surface area is 266 Å². The minimum Gasteiger partial charge on any atom is -0.375 e. The number of carbonyl (C=O) groups is 1. The van der Waals surface area contributed by atoms with E-state index in [1.165, 1.54) is 23.1 Å². The van der Waals surface area contributed by atoms with Gasteiger partial charge in [-0.1, -0.05) is 64.8 Å². The van der Waals surface area contributed by atoms with E-state index in [9.17, 15) is 4.79 Å². The molecule has 1 amide bonds. The number of pyridine rings is 1. The summed E-state index contributed by atoms with van der Waals surface area (Å²) < 4.78 is 27.2. The van der Waals surface area contributed by atoms with Crippen molar-refractivity contribution >= 4 is 40.6 Å². The number of fused-ring (bicyclic) bond motifs is 1. The van der Waals surface area contributed by atoms with Crippen molar-refractivity contribution in [1.82, 2.24) is 29.9 Å². The molecule has 4 aromatic rings. The number of carbonyl (C=O) groups excluding carboxylic acids is 1. The summed E-state index contributed by atoms with van der Waals surface area (Å²) in [5, 5.41) is 11.7. The number of terminal acetylenes is 1. The van der Waals surface area contributed by atoms with Crippen LogP contribution in [0.1, 0.15) is 40.4 Å². The van der Waals surface area contributed by atoms with Crippen LogP contribution in [0.5, 0.6) is 0 Å². The molecule has 1 aromatic carbocycles. The predicted octanol–water partition coefficient (Wildman–Crippen LogP) is 4.46. The van der Waals surface area contributed by atoms with Crippen molar-refractivity contribution in [3.8, 4) is 23.0 Å². The van der Waals surface area contributed by atoms with Gasteiger partial charge in [0.05, 0.1) is 12.8 Å². The van der Waals surface area contributed by atoms with E-state index in [4.69, 9.17) is 37.0 Å². The summed E-state index contributed by atoms with van der Waals surface area (Å²) in [4.78, 5) is 24.5. The summed E-state index contributed by atoms with van der Waals surface area (Å²) in [5.41, 5.74) is 1.74. The maximum atomic E-state index is 13.3. The third kappa shape index (κ3) is 5.63. The number of halogens is 1. The fraction of sp³-hybridized carbons (Fsp3) is 0.367. The molecule has 6 heterocycles. The average molecular weight is 651 g/mol. The van der Waals surface area contributed by atoms with E-state index in [2.05, 4.69) is 26.2 Å². The first kappa shape index (κ1) is 29.4. The zero-order valence-electron chi connectivity index (χ0n) is 23.5. The van der Waals surface area contributed by atoms with Crippen molar-refractivity contribution in [3.05, 3.63) is 76.1 Å². The second-order valence-electron chi connectivity index (χ2n) is 10.4. The van der Waals surface area contributed by atoms with Crippen molar-refractivity contribution in [2.45, 2.75) is 47.4 Å². The van der Waals surface area contributed by atoms with Gasteiger partial charge >= 0.3 is 0 Å².